The first-order valence-corrected chi connectivity index (χ1v) is 6.66. The summed E-state index contributed by atoms with van der Waals surface area (Å²) in [5, 5.41) is 0.540. The Kier molecular flexibility index (Phi) is 3.56. The lowest BCUT2D eigenvalue weighted by molar-refractivity contribution is 0.171. The van der Waals surface area contributed by atoms with E-state index < -0.39 is 0 Å². The summed E-state index contributed by atoms with van der Waals surface area (Å²) >= 11 is 6.17. The maximum absolute atomic E-state index is 6.17. The van der Waals surface area contributed by atoms with Gasteiger partial charge in [0.05, 0.1) is 5.02 Å². The minimum Gasteiger partial charge on any atom is -0.489 e. The highest BCUT2D eigenvalue weighted by Gasteiger charge is 2.16. The molecule has 4 nitrogen and oxygen atoms in total. The molecule has 2 aromatic carbocycles. The number of hydrogen-bond acceptors (Lipinski definition) is 4. The van der Waals surface area contributed by atoms with Gasteiger partial charge in [0, 0.05) is 5.69 Å². The van der Waals surface area contributed by atoms with Crippen LogP contribution >= 0.6 is 11.6 Å². The Labute approximate surface area is 122 Å². The van der Waals surface area contributed by atoms with Crippen molar-refractivity contribution in [3.05, 3.63) is 47.0 Å². The van der Waals surface area contributed by atoms with Gasteiger partial charge >= 0.3 is 0 Å². The Bertz CT molecular complexity index is 613. The van der Waals surface area contributed by atoms with E-state index >= 15 is 0 Å². The van der Waals surface area contributed by atoms with Crippen LogP contribution in [0.25, 0.3) is 0 Å². The van der Waals surface area contributed by atoms with Crippen LogP contribution in [0.15, 0.2) is 36.4 Å². The highest BCUT2D eigenvalue weighted by atomic mass is 35.5. The first-order valence-electron chi connectivity index (χ1n) is 6.29. The fraction of sp³-hybridized carbons (Fsp3) is 0.200. The van der Waals surface area contributed by atoms with Gasteiger partial charge in [-0.3, -0.25) is 0 Å². The number of ether oxygens (including phenoxy) is 3. The second kappa shape index (κ2) is 5.51. The molecule has 0 bridgehead atoms. The summed E-state index contributed by atoms with van der Waals surface area (Å²) in [6.45, 7) is 1.46. The van der Waals surface area contributed by atoms with Gasteiger partial charge in [-0.05, 0) is 42.0 Å². The van der Waals surface area contributed by atoms with Crippen molar-refractivity contribution in [2.45, 2.75) is 6.61 Å². The molecule has 3 rings (SSSR count). The summed E-state index contributed by atoms with van der Waals surface area (Å²) in [6.07, 6.45) is 0. The van der Waals surface area contributed by atoms with Crippen molar-refractivity contribution in [3.63, 3.8) is 0 Å². The molecule has 104 valence electrons. The molecule has 2 aromatic rings. The summed E-state index contributed by atoms with van der Waals surface area (Å²) in [5.41, 5.74) is 7.26. The van der Waals surface area contributed by atoms with Gasteiger partial charge < -0.3 is 19.9 Å². The fourth-order valence-corrected chi connectivity index (χ4v) is 2.27. The zero-order valence-corrected chi connectivity index (χ0v) is 11.5. The second-order valence-electron chi connectivity index (χ2n) is 4.46. The topological polar surface area (TPSA) is 53.7 Å². The van der Waals surface area contributed by atoms with Crippen LogP contribution in [-0.4, -0.2) is 13.2 Å². The van der Waals surface area contributed by atoms with E-state index in [-0.39, 0.29) is 0 Å². The largest absolute Gasteiger partial charge is 0.489 e. The average molecular weight is 292 g/mol. The lowest BCUT2D eigenvalue weighted by Gasteiger charge is -2.20. The van der Waals surface area contributed by atoms with Gasteiger partial charge in [-0.1, -0.05) is 11.6 Å². The van der Waals surface area contributed by atoms with Crippen LogP contribution in [0.5, 0.6) is 17.2 Å². The molecule has 5 heteroatoms. The number of nitrogens with two attached hydrogens (primary N) is 1. The third-order valence-corrected chi connectivity index (χ3v) is 3.22. The molecule has 1 aliphatic rings. The maximum Gasteiger partial charge on any atom is 0.179 e. The van der Waals surface area contributed by atoms with Crippen molar-refractivity contribution in [1.82, 2.24) is 0 Å². The minimum atomic E-state index is 0.403. The number of rotatable bonds is 3. The molecule has 0 saturated carbocycles. The summed E-state index contributed by atoms with van der Waals surface area (Å²) in [5.74, 6) is 2.03. The summed E-state index contributed by atoms with van der Waals surface area (Å²) in [4.78, 5) is 0. The zero-order valence-electron chi connectivity index (χ0n) is 10.8. The van der Waals surface area contributed by atoms with Crippen LogP contribution in [-0.2, 0) is 6.61 Å². The highest BCUT2D eigenvalue weighted by Crippen LogP contribution is 2.38. The number of anilines is 1. The van der Waals surface area contributed by atoms with Crippen molar-refractivity contribution >= 4 is 17.3 Å². The van der Waals surface area contributed by atoms with E-state index in [0.29, 0.717) is 42.0 Å². The van der Waals surface area contributed by atoms with E-state index in [1.54, 1.807) is 12.1 Å². The maximum atomic E-state index is 6.17. The van der Waals surface area contributed by atoms with Crippen LogP contribution in [0.4, 0.5) is 5.69 Å². The minimum absolute atomic E-state index is 0.403. The van der Waals surface area contributed by atoms with E-state index in [2.05, 4.69) is 0 Å². The average Bonchev–Trinajstić information content (AvgIpc) is 2.47. The van der Waals surface area contributed by atoms with Crippen LogP contribution in [0, 0.1) is 0 Å². The fourth-order valence-electron chi connectivity index (χ4n) is 1.98. The van der Waals surface area contributed by atoms with Gasteiger partial charge in [0.2, 0.25) is 0 Å². The molecule has 0 aliphatic carbocycles. The highest BCUT2D eigenvalue weighted by molar-refractivity contribution is 6.32. The zero-order chi connectivity index (χ0) is 13.9. The van der Waals surface area contributed by atoms with Crippen LogP contribution in [0.1, 0.15) is 5.56 Å². The van der Waals surface area contributed by atoms with Gasteiger partial charge in [-0.15, -0.1) is 0 Å². The molecular formula is C15H14ClNO3. The van der Waals surface area contributed by atoms with E-state index in [1.165, 1.54) is 0 Å². The van der Waals surface area contributed by atoms with Crippen molar-refractivity contribution in [2.75, 3.05) is 18.9 Å². The normalized spacial score (nSPS) is 13.1. The first kappa shape index (κ1) is 12.9. The first-order chi connectivity index (χ1) is 9.72. The molecule has 0 saturated heterocycles. The standard InChI is InChI=1S/C15H14ClNO3/c16-13-7-10(8-14-15(13)19-6-5-18-14)9-20-12-3-1-11(17)2-4-12/h1-4,7-8H,5-6,9,17H2. The predicted octanol–water partition coefficient (Wildman–Crippen LogP) is 3.27. The van der Waals surface area contributed by atoms with Crippen LogP contribution in [0.3, 0.4) is 0 Å². The molecule has 0 amide bonds. The quantitative estimate of drug-likeness (QED) is 0.882. The molecule has 0 fully saturated rings. The predicted molar refractivity (Wildman–Crippen MR) is 77.6 cm³/mol. The van der Waals surface area contributed by atoms with Crippen molar-refractivity contribution in [3.8, 4) is 17.2 Å². The number of hydrogen-bond donors (Lipinski definition) is 1. The molecule has 0 spiro atoms. The van der Waals surface area contributed by atoms with Gasteiger partial charge in [-0.25, -0.2) is 0 Å². The number of nitrogen functional groups attached to an aromatic ring is 1. The Morgan fingerprint density at radius 1 is 1.10 bits per heavy atom. The number of benzene rings is 2. The van der Waals surface area contributed by atoms with Crippen molar-refractivity contribution in [2.24, 2.45) is 0 Å². The number of fused-ring (bicyclic) bond motifs is 1. The molecule has 2 N–H and O–H groups in total. The SMILES string of the molecule is Nc1ccc(OCc2cc(Cl)c3c(c2)OCCO3)cc1. The molecular weight excluding hydrogens is 278 g/mol. The lowest BCUT2D eigenvalue weighted by Crippen LogP contribution is -2.16. The molecule has 1 heterocycles. The van der Waals surface area contributed by atoms with E-state index in [9.17, 15) is 0 Å². The van der Waals surface area contributed by atoms with E-state index in [4.69, 9.17) is 31.5 Å². The Morgan fingerprint density at radius 2 is 1.85 bits per heavy atom. The molecule has 0 radical (unpaired) electrons. The molecule has 0 unspecified atom stereocenters. The Morgan fingerprint density at radius 3 is 2.65 bits per heavy atom. The summed E-state index contributed by atoms with van der Waals surface area (Å²) in [7, 11) is 0. The smallest absolute Gasteiger partial charge is 0.179 e. The van der Waals surface area contributed by atoms with Gasteiger partial charge in [0.15, 0.2) is 11.5 Å². The molecule has 20 heavy (non-hydrogen) atoms. The molecule has 0 aromatic heterocycles. The Balaban J connectivity index is 1.74. The van der Waals surface area contributed by atoms with Gasteiger partial charge in [-0.2, -0.15) is 0 Å². The number of halogens is 1. The van der Waals surface area contributed by atoms with Gasteiger partial charge in [0.25, 0.3) is 0 Å². The lowest BCUT2D eigenvalue weighted by atomic mass is 10.2. The summed E-state index contributed by atoms with van der Waals surface area (Å²) in [6, 6.07) is 11.0. The van der Waals surface area contributed by atoms with Crippen molar-refractivity contribution < 1.29 is 14.2 Å². The second-order valence-corrected chi connectivity index (χ2v) is 4.87. The third-order valence-electron chi connectivity index (χ3n) is 2.94. The van der Waals surface area contributed by atoms with Crippen LogP contribution in [0.2, 0.25) is 5.02 Å². The van der Waals surface area contributed by atoms with E-state index in [0.717, 1.165) is 11.3 Å². The summed E-state index contributed by atoms with van der Waals surface area (Å²) < 4.78 is 16.7. The Hall–Kier alpha value is -2.07. The van der Waals surface area contributed by atoms with Crippen LogP contribution < -0.4 is 19.9 Å². The third kappa shape index (κ3) is 2.75. The van der Waals surface area contributed by atoms with E-state index in [1.807, 2.05) is 24.3 Å². The molecule has 1 aliphatic heterocycles. The van der Waals surface area contributed by atoms with Gasteiger partial charge in [0.1, 0.15) is 25.6 Å². The monoisotopic (exact) mass is 291 g/mol. The molecule has 0 atom stereocenters. The van der Waals surface area contributed by atoms with Crippen molar-refractivity contribution in [1.29, 1.82) is 0 Å².